The Balaban J connectivity index is 2.15. The van der Waals surface area contributed by atoms with Crippen LogP contribution in [0.1, 0.15) is 16.8 Å². The number of fused-ring (bicyclic) bond motifs is 1. The van der Waals surface area contributed by atoms with Crippen LogP contribution in [0, 0.1) is 6.92 Å². The predicted molar refractivity (Wildman–Crippen MR) is 124 cm³/mol. The number of halogens is 1. The number of ether oxygens (including phenoxy) is 1. The molecule has 1 aliphatic rings. The van der Waals surface area contributed by atoms with E-state index in [9.17, 15) is 5.11 Å². The molecule has 7 heteroatoms. The monoisotopic (exact) mass is 426 g/mol. The number of hydrogen-bond acceptors (Lipinski definition) is 6. The van der Waals surface area contributed by atoms with E-state index < -0.39 is 0 Å². The minimum absolute atomic E-state index is 0.568. The van der Waals surface area contributed by atoms with E-state index in [-0.39, 0.29) is 0 Å². The molecule has 0 spiro atoms. The highest BCUT2D eigenvalue weighted by atomic mass is 35.5. The highest BCUT2D eigenvalue weighted by Gasteiger charge is 2.28. The molecular formula is C23H27ClN4O2. The van der Waals surface area contributed by atoms with Crippen LogP contribution in [0.4, 0.5) is 17.5 Å². The summed E-state index contributed by atoms with van der Waals surface area (Å²) < 4.78 is 5.21. The van der Waals surface area contributed by atoms with E-state index in [2.05, 4.69) is 17.5 Å². The number of nitrogens with zero attached hydrogens (tertiary/aromatic N) is 4. The molecule has 3 rings (SSSR count). The van der Waals surface area contributed by atoms with Crippen LogP contribution in [-0.2, 0) is 11.2 Å². The highest BCUT2D eigenvalue weighted by molar-refractivity contribution is 6.31. The van der Waals surface area contributed by atoms with Crippen molar-refractivity contribution in [2.75, 3.05) is 43.7 Å². The van der Waals surface area contributed by atoms with Gasteiger partial charge in [0.15, 0.2) is 0 Å². The average molecular weight is 427 g/mol. The van der Waals surface area contributed by atoms with Crippen LogP contribution < -0.4 is 9.80 Å². The van der Waals surface area contributed by atoms with E-state index in [1.807, 2.05) is 37.1 Å². The molecule has 1 aromatic heterocycles. The highest BCUT2D eigenvalue weighted by Crippen LogP contribution is 2.38. The lowest BCUT2D eigenvalue weighted by molar-refractivity contribution is 0.206. The molecule has 1 aliphatic heterocycles. The van der Waals surface area contributed by atoms with Gasteiger partial charge in [-0.3, -0.25) is 0 Å². The number of allylic oxidation sites excluding steroid dienone is 4. The third-order valence-electron chi connectivity index (χ3n) is 5.06. The first kappa shape index (κ1) is 21.9. The molecule has 1 aromatic carbocycles. The number of aromatic nitrogens is 2. The first-order chi connectivity index (χ1) is 14.5. The lowest BCUT2D eigenvalue weighted by Gasteiger charge is -2.23. The summed E-state index contributed by atoms with van der Waals surface area (Å²) >= 11 is 6.23. The van der Waals surface area contributed by atoms with E-state index in [1.165, 1.54) is 0 Å². The van der Waals surface area contributed by atoms with Crippen molar-refractivity contribution in [1.29, 1.82) is 0 Å². The minimum Gasteiger partial charge on any atom is -0.516 e. The lowest BCUT2D eigenvalue weighted by Crippen LogP contribution is -2.25. The fourth-order valence-electron chi connectivity index (χ4n) is 3.45. The number of rotatable bonds is 8. The largest absolute Gasteiger partial charge is 0.516 e. The Kier molecular flexibility index (Phi) is 7.13. The van der Waals surface area contributed by atoms with Gasteiger partial charge < -0.3 is 19.6 Å². The molecule has 1 N–H and O–H groups in total. The van der Waals surface area contributed by atoms with Gasteiger partial charge in [0.25, 0.3) is 0 Å². The Morgan fingerprint density at radius 1 is 1.40 bits per heavy atom. The van der Waals surface area contributed by atoms with Gasteiger partial charge in [0.1, 0.15) is 5.82 Å². The van der Waals surface area contributed by atoms with E-state index in [0.717, 1.165) is 58.1 Å². The molecule has 0 atom stereocenters. The second-order valence-corrected chi connectivity index (χ2v) is 7.50. The number of likely N-dealkylation sites (N-methyl/N-ethyl adjacent to an activating group) is 1. The summed E-state index contributed by atoms with van der Waals surface area (Å²) in [5.41, 5.74) is 4.67. The van der Waals surface area contributed by atoms with Gasteiger partial charge in [0.05, 0.1) is 18.6 Å². The maximum atomic E-state index is 9.41. The lowest BCUT2D eigenvalue weighted by atomic mass is 10.1. The molecule has 0 unspecified atom stereocenters. The van der Waals surface area contributed by atoms with Crippen molar-refractivity contribution in [2.45, 2.75) is 13.3 Å². The van der Waals surface area contributed by atoms with Gasteiger partial charge in [0, 0.05) is 49.1 Å². The molecule has 0 aliphatic carbocycles. The van der Waals surface area contributed by atoms with Crippen molar-refractivity contribution in [3.8, 4) is 0 Å². The molecule has 0 fully saturated rings. The number of benzene rings is 1. The van der Waals surface area contributed by atoms with Crippen LogP contribution in [0.5, 0.6) is 0 Å². The molecule has 158 valence electrons. The molecule has 2 heterocycles. The first-order valence-electron chi connectivity index (χ1n) is 9.78. The summed E-state index contributed by atoms with van der Waals surface area (Å²) in [6, 6.07) is 5.99. The molecular weight excluding hydrogens is 400 g/mol. The van der Waals surface area contributed by atoms with Crippen LogP contribution in [-0.4, -0.2) is 48.9 Å². The molecule has 2 aromatic rings. The van der Waals surface area contributed by atoms with Crippen molar-refractivity contribution >= 4 is 34.6 Å². The zero-order valence-corrected chi connectivity index (χ0v) is 18.4. The normalized spacial score (nSPS) is 13.7. The van der Waals surface area contributed by atoms with E-state index in [1.54, 1.807) is 19.3 Å². The van der Waals surface area contributed by atoms with Gasteiger partial charge >= 0.3 is 0 Å². The average Bonchev–Trinajstić information content (AvgIpc) is 3.17. The van der Waals surface area contributed by atoms with Crippen LogP contribution >= 0.6 is 11.6 Å². The van der Waals surface area contributed by atoms with Crippen molar-refractivity contribution in [3.63, 3.8) is 0 Å². The summed E-state index contributed by atoms with van der Waals surface area (Å²) in [7, 11) is 3.61. The summed E-state index contributed by atoms with van der Waals surface area (Å²) in [4.78, 5) is 13.9. The van der Waals surface area contributed by atoms with Gasteiger partial charge in [-0.05, 0) is 43.2 Å². The molecule has 0 radical (unpaired) electrons. The molecule has 0 bridgehead atoms. The predicted octanol–water partition coefficient (Wildman–Crippen LogP) is 4.86. The maximum absolute atomic E-state index is 9.41. The second kappa shape index (κ2) is 9.78. The topological polar surface area (TPSA) is 61.7 Å². The number of aryl methyl sites for hydroxylation is 1. The smallest absolute Gasteiger partial charge is 0.227 e. The van der Waals surface area contributed by atoms with Crippen molar-refractivity contribution in [1.82, 2.24) is 9.97 Å². The third-order valence-corrected chi connectivity index (χ3v) is 5.49. The first-order valence-corrected chi connectivity index (χ1v) is 10.2. The van der Waals surface area contributed by atoms with Crippen molar-refractivity contribution < 1.29 is 9.84 Å². The number of aliphatic hydroxyl groups is 1. The number of aliphatic hydroxyl groups excluding tert-OH is 1. The molecule has 0 saturated carbocycles. The van der Waals surface area contributed by atoms with E-state index >= 15 is 0 Å². The van der Waals surface area contributed by atoms with Crippen molar-refractivity contribution in [2.24, 2.45) is 0 Å². The summed E-state index contributed by atoms with van der Waals surface area (Å²) in [5.74, 6) is 1.46. The molecule has 6 nitrogen and oxygen atoms in total. The summed E-state index contributed by atoms with van der Waals surface area (Å²) in [6.45, 7) is 7.80. The minimum atomic E-state index is 0.568. The second-order valence-electron chi connectivity index (χ2n) is 7.10. The van der Waals surface area contributed by atoms with E-state index in [4.69, 9.17) is 26.3 Å². The van der Waals surface area contributed by atoms with Crippen LogP contribution in [0.3, 0.4) is 0 Å². The summed E-state index contributed by atoms with van der Waals surface area (Å²) in [6.07, 6.45) is 6.96. The molecule has 30 heavy (non-hydrogen) atoms. The number of anilines is 3. The fourth-order valence-corrected chi connectivity index (χ4v) is 3.57. The Morgan fingerprint density at radius 2 is 2.20 bits per heavy atom. The Morgan fingerprint density at radius 3 is 2.87 bits per heavy atom. The number of methoxy groups -OCH3 is 1. The van der Waals surface area contributed by atoms with Gasteiger partial charge in [-0.25, -0.2) is 4.98 Å². The summed E-state index contributed by atoms with van der Waals surface area (Å²) in [5, 5.41) is 10.1. The molecule has 0 amide bonds. The van der Waals surface area contributed by atoms with Crippen LogP contribution in [0.2, 0.25) is 5.02 Å². The van der Waals surface area contributed by atoms with Crippen molar-refractivity contribution in [3.05, 3.63) is 71.1 Å². The van der Waals surface area contributed by atoms with Gasteiger partial charge in [-0.2, -0.15) is 4.98 Å². The quantitative estimate of drug-likeness (QED) is 0.480. The fraction of sp³-hybridized carbons (Fsp3) is 0.304. The third kappa shape index (κ3) is 4.50. The van der Waals surface area contributed by atoms with Gasteiger partial charge in [-0.15, -0.1) is 0 Å². The SMILES string of the molecule is C=C/C=C(\C=C\O)c1nc(N(C)CCOC)nc2c1CCN2c1ccc(Cl)c(C)c1. The van der Waals surface area contributed by atoms with Gasteiger partial charge in [-0.1, -0.05) is 30.3 Å². The zero-order chi connectivity index (χ0) is 21.7. The van der Waals surface area contributed by atoms with Gasteiger partial charge in [0.2, 0.25) is 5.95 Å². The Hall–Kier alpha value is -2.83. The Labute approximate surface area is 182 Å². The Bertz CT molecular complexity index is 987. The zero-order valence-electron chi connectivity index (χ0n) is 17.6. The standard InChI is InChI=1S/C23H27ClN4O2/c1-5-6-17(10-13-29)21-19-9-11-28(18-7-8-20(24)16(2)15-18)22(19)26-23(25-21)27(3)12-14-30-4/h5-8,10,13,15,29H,1,9,11-12,14H2,2-4H3/b13-10+,17-6+. The number of hydrogen-bond donors (Lipinski definition) is 1. The molecule has 0 saturated heterocycles. The van der Waals surface area contributed by atoms with Crippen LogP contribution in [0.25, 0.3) is 5.57 Å². The van der Waals surface area contributed by atoms with Crippen LogP contribution in [0.15, 0.2) is 49.3 Å². The van der Waals surface area contributed by atoms with E-state index in [0.29, 0.717) is 19.1 Å². The maximum Gasteiger partial charge on any atom is 0.227 e.